The number of carbonyl (C=O) groups excluding carboxylic acids is 2. The van der Waals surface area contributed by atoms with E-state index in [-0.39, 0.29) is 12.5 Å². The Morgan fingerprint density at radius 3 is 2.57 bits per heavy atom. The van der Waals surface area contributed by atoms with Crippen LogP contribution in [0.5, 0.6) is 5.75 Å². The van der Waals surface area contributed by atoms with Crippen LogP contribution in [-0.2, 0) is 17.9 Å². The van der Waals surface area contributed by atoms with E-state index < -0.39 is 5.97 Å². The molecule has 6 heteroatoms. The van der Waals surface area contributed by atoms with Gasteiger partial charge in [-0.15, -0.1) is 0 Å². The Kier molecular flexibility index (Phi) is 6.11. The van der Waals surface area contributed by atoms with Crippen molar-refractivity contribution in [3.8, 4) is 5.75 Å². The number of methoxy groups -OCH3 is 1. The van der Waals surface area contributed by atoms with Gasteiger partial charge in [0, 0.05) is 12.1 Å². The van der Waals surface area contributed by atoms with Gasteiger partial charge in [-0.25, -0.2) is 4.79 Å². The average Bonchev–Trinajstić information content (AvgIpc) is 3.11. The highest BCUT2D eigenvalue weighted by Crippen LogP contribution is 2.19. The fourth-order valence-electron chi connectivity index (χ4n) is 2.69. The molecular formula is C22H21NO5. The summed E-state index contributed by atoms with van der Waals surface area (Å²) in [4.78, 5) is 24.0. The Balaban J connectivity index is 1.60. The molecule has 0 saturated carbocycles. The first kappa shape index (κ1) is 19.2. The van der Waals surface area contributed by atoms with Crippen molar-refractivity contribution < 1.29 is 23.5 Å². The number of hydrogen-bond acceptors (Lipinski definition) is 5. The van der Waals surface area contributed by atoms with Crippen LogP contribution < -0.4 is 10.1 Å². The largest absolute Gasteiger partial charge is 0.486 e. The van der Waals surface area contributed by atoms with Crippen LogP contribution in [0.1, 0.15) is 37.8 Å². The minimum absolute atomic E-state index is 0.132. The maximum absolute atomic E-state index is 12.4. The van der Waals surface area contributed by atoms with Crippen LogP contribution in [0.2, 0.25) is 0 Å². The van der Waals surface area contributed by atoms with Crippen LogP contribution in [0.15, 0.2) is 65.1 Å². The van der Waals surface area contributed by atoms with E-state index in [9.17, 15) is 9.59 Å². The lowest BCUT2D eigenvalue weighted by Crippen LogP contribution is -2.22. The van der Waals surface area contributed by atoms with Crippen molar-refractivity contribution in [2.24, 2.45) is 0 Å². The number of ether oxygens (including phenoxy) is 2. The second-order valence-corrected chi connectivity index (χ2v) is 6.16. The highest BCUT2D eigenvalue weighted by atomic mass is 16.5. The first-order chi connectivity index (χ1) is 13.6. The number of benzene rings is 2. The van der Waals surface area contributed by atoms with E-state index in [2.05, 4.69) is 5.32 Å². The van der Waals surface area contributed by atoms with Crippen LogP contribution in [0.4, 0.5) is 0 Å². The fraction of sp³-hybridized carbons (Fsp3) is 0.182. The summed E-state index contributed by atoms with van der Waals surface area (Å²) in [7, 11) is 1.32. The molecule has 1 N–H and O–H groups in total. The maximum atomic E-state index is 12.4. The zero-order valence-corrected chi connectivity index (χ0v) is 15.7. The Morgan fingerprint density at radius 1 is 1.04 bits per heavy atom. The lowest BCUT2D eigenvalue weighted by molar-refractivity contribution is 0.0598. The number of aryl methyl sites for hydroxylation is 1. The molecule has 0 radical (unpaired) electrons. The molecule has 0 fully saturated rings. The molecule has 0 spiro atoms. The van der Waals surface area contributed by atoms with E-state index in [0.717, 1.165) is 5.56 Å². The zero-order chi connectivity index (χ0) is 19.9. The van der Waals surface area contributed by atoms with Crippen molar-refractivity contribution in [1.29, 1.82) is 0 Å². The van der Waals surface area contributed by atoms with Crippen molar-refractivity contribution in [3.63, 3.8) is 0 Å². The molecule has 0 unspecified atom stereocenters. The van der Waals surface area contributed by atoms with E-state index in [1.54, 1.807) is 37.3 Å². The lowest BCUT2D eigenvalue weighted by atomic mass is 10.2. The van der Waals surface area contributed by atoms with Gasteiger partial charge in [0.15, 0.2) is 0 Å². The van der Waals surface area contributed by atoms with Crippen LogP contribution in [-0.4, -0.2) is 19.0 Å². The summed E-state index contributed by atoms with van der Waals surface area (Å²) in [6, 6.07) is 18.2. The molecule has 144 valence electrons. The van der Waals surface area contributed by atoms with E-state index in [0.29, 0.717) is 34.9 Å². The first-order valence-electron chi connectivity index (χ1n) is 8.79. The second kappa shape index (κ2) is 8.90. The molecule has 6 nitrogen and oxygen atoms in total. The quantitative estimate of drug-likeness (QED) is 0.630. The molecule has 1 amide bonds. The van der Waals surface area contributed by atoms with Gasteiger partial charge in [0.2, 0.25) is 0 Å². The average molecular weight is 379 g/mol. The molecule has 1 heterocycles. The topological polar surface area (TPSA) is 77.8 Å². The van der Waals surface area contributed by atoms with Crippen LogP contribution in [0.3, 0.4) is 0 Å². The van der Waals surface area contributed by atoms with E-state index in [1.165, 1.54) is 7.11 Å². The van der Waals surface area contributed by atoms with Gasteiger partial charge in [-0.2, -0.15) is 0 Å². The SMILES string of the molecule is COC(=O)c1cc(COc2cccc(C(=O)NCc3ccccc3)c2)oc1C. The van der Waals surface area contributed by atoms with Gasteiger partial charge >= 0.3 is 5.97 Å². The van der Waals surface area contributed by atoms with E-state index in [1.807, 2.05) is 30.3 Å². The molecule has 3 aromatic rings. The molecule has 0 aliphatic heterocycles. The predicted octanol–water partition coefficient (Wildman–Crippen LogP) is 3.88. The molecule has 0 aliphatic rings. The minimum atomic E-state index is -0.454. The number of rotatable bonds is 7. The van der Waals surface area contributed by atoms with Crippen LogP contribution in [0, 0.1) is 6.92 Å². The van der Waals surface area contributed by atoms with Crippen LogP contribution in [0.25, 0.3) is 0 Å². The third-order valence-electron chi connectivity index (χ3n) is 4.15. The van der Waals surface area contributed by atoms with E-state index >= 15 is 0 Å². The van der Waals surface area contributed by atoms with Crippen molar-refractivity contribution >= 4 is 11.9 Å². The van der Waals surface area contributed by atoms with Gasteiger partial charge in [-0.3, -0.25) is 4.79 Å². The van der Waals surface area contributed by atoms with Gasteiger partial charge in [0.25, 0.3) is 5.91 Å². The van der Waals surface area contributed by atoms with Crippen molar-refractivity contribution in [2.75, 3.05) is 7.11 Å². The monoisotopic (exact) mass is 379 g/mol. The Morgan fingerprint density at radius 2 is 1.82 bits per heavy atom. The molecule has 1 aromatic heterocycles. The van der Waals surface area contributed by atoms with Gasteiger partial charge in [-0.05, 0) is 36.8 Å². The molecule has 0 saturated heterocycles. The summed E-state index contributed by atoms with van der Waals surface area (Å²) in [6.45, 7) is 2.27. The zero-order valence-electron chi connectivity index (χ0n) is 15.7. The number of nitrogens with one attached hydrogen (secondary N) is 1. The number of furan rings is 1. The van der Waals surface area contributed by atoms with Crippen LogP contribution >= 0.6 is 0 Å². The normalized spacial score (nSPS) is 10.4. The summed E-state index contributed by atoms with van der Waals surface area (Å²) < 4.78 is 15.9. The van der Waals surface area contributed by atoms with E-state index in [4.69, 9.17) is 13.9 Å². The smallest absolute Gasteiger partial charge is 0.341 e. The number of esters is 1. The highest BCUT2D eigenvalue weighted by Gasteiger charge is 2.15. The molecule has 0 aliphatic carbocycles. The molecule has 2 aromatic carbocycles. The molecule has 0 atom stereocenters. The lowest BCUT2D eigenvalue weighted by Gasteiger charge is -2.08. The number of hydrogen-bond donors (Lipinski definition) is 1. The molecular weight excluding hydrogens is 358 g/mol. The summed E-state index contributed by atoms with van der Waals surface area (Å²) in [5, 5.41) is 2.88. The summed E-state index contributed by atoms with van der Waals surface area (Å²) in [5.41, 5.74) is 1.90. The first-order valence-corrected chi connectivity index (χ1v) is 8.79. The molecule has 0 bridgehead atoms. The van der Waals surface area contributed by atoms with Gasteiger partial charge in [0.1, 0.15) is 29.4 Å². The Labute approximate surface area is 163 Å². The van der Waals surface area contributed by atoms with Gasteiger partial charge < -0.3 is 19.2 Å². The summed E-state index contributed by atoms with van der Waals surface area (Å²) >= 11 is 0. The van der Waals surface area contributed by atoms with Gasteiger partial charge in [0.05, 0.1) is 7.11 Å². The fourth-order valence-corrected chi connectivity index (χ4v) is 2.69. The number of amides is 1. The van der Waals surface area contributed by atoms with Crippen molar-refractivity contribution in [2.45, 2.75) is 20.1 Å². The Bertz CT molecular complexity index is 962. The van der Waals surface area contributed by atoms with Gasteiger partial charge in [-0.1, -0.05) is 36.4 Å². The Hall–Kier alpha value is -3.54. The predicted molar refractivity (Wildman–Crippen MR) is 103 cm³/mol. The molecule has 28 heavy (non-hydrogen) atoms. The standard InChI is InChI=1S/C22H21NO5/c1-15-20(22(25)26-2)12-19(28-15)14-27-18-10-6-9-17(11-18)21(24)23-13-16-7-4-3-5-8-16/h3-12H,13-14H2,1-2H3,(H,23,24). The maximum Gasteiger partial charge on any atom is 0.341 e. The third-order valence-corrected chi connectivity index (χ3v) is 4.15. The molecule has 3 rings (SSSR count). The highest BCUT2D eigenvalue weighted by molar-refractivity contribution is 5.94. The number of carbonyl (C=O) groups is 2. The summed E-state index contributed by atoms with van der Waals surface area (Å²) in [6.07, 6.45) is 0. The third kappa shape index (κ3) is 4.79. The van der Waals surface area contributed by atoms with Crippen molar-refractivity contribution in [1.82, 2.24) is 5.32 Å². The minimum Gasteiger partial charge on any atom is -0.486 e. The second-order valence-electron chi connectivity index (χ2n) is 6.16. The van der Waals surface area contributed by atoms with Crippen molar-refractivity contribution in [3.05, 3.63) is 88.9 Å². The summed E-state index contributed by atoms with van der Waals surface area (Å²) in [5.74, 6) is 0.859.